The van der Waals surface area contributed by atoms with Crippen LogP contribution in [0.4, 0.5) is 0 Å². The number of hydrogen-bond donors (Lipinski definition) is 1. The van der Waals surface area contributed by atoms with E-state index in [-0.39, 0.29) is 11.0 Å². The van der Waals surface area contributed by atoms with E-state index in [2.05, 4.69) is 5.32 Å². The van der Waals surface area contributed by atoms with Crippen molar-refractivity contribution in [2.75, 3.05) is 33.1 Å². The predicted molar refractivity (Wildman–Crippen MR) is 67.7 cm³/mol. The van der Waals surface area contributed by atoms with E-state index in [0.717, 1.165) is 12.1 Å². The summed E-state index contributed by atoms with van der Waals surface area (Å²) < 4.78 is 33.9. The second-order valence-electron chi connectivity index (χ2n) is 4.24. The molecule has 1 N–H and O–H groups in total. The molecule has 0 spiro atoms. The minimum atomic E-state index is -3.22. The molecule has 0 bridgehead atoms. The van der Waals surface area contributed by atoms with Gasteiger partial charge >= 0.3 is 0 Å². The lowest BCUT2D eigenvalue weighted by atomic mass is 10.1. The fraction of sp³-hybridized carbons (Fsp3) is 0.500. The van der Waals surface area contributed by atoms with Crippen LogP contribution < -0.4 is 10.1 Å². The first-order valence-electron chi connectivity index (χ1n) is 5.72. The number of methoxy groups -OCH3 is 1. The molecule has 0 aliphatic carbocycles. The van der Waals surface area contributed by atoms with Gasteiger partial charge in [-0.15, -0.1) is 0 Å². The molecule has 0 aromatic heterocycles. The van der Waals surface area contributed by atoms with Gasteiger partial charge in [0.1, 0.15) is 5.75 Å². The van der Waals surface area contributed by atoms with Crippen LogP contribution in [0.25, 0.3) is 0 Å². The first kappa shape index (κ1) is 13.3. The van der Waals surface area contributed by atoms with Crippen LogP contribution >= 0.6 is 0 Å². The Morgan fingerprint density at radius 2 is 2.22 bits per heavy atom. The number of ether oxygens (including phenoxy) is 2. The van der Waals surface area contributed by atoms with Crippen LogP contribution in [0.1, 0.15) is 11.7 Å². The summed E-state index contributed by atoms with van der Waals surface area (Å²) in [5.41, 5.74) is 0.872. The first-order chi connectivity index (χ1) is 8.52. The minimum absolute atomic E-state index is 0.0951. The number of hydrogen-bond acceptors (Lipinski definition) is 5. The Morgan fingerprint density at radius 3 is 2.78 bits per heavy atom. The molecule has 1 unspecified atom stereocenters. The Bertz CT molecular complexity index is 521. The number of rotatable bonds is 3. The minimum Gasteiger partial charge on any atom is -0.496 e. The van der Waals surface area contributed by atoms with E-state index in [0.29, 0.717) is 18.9 Å². The highest BCUT2D eigenvalue weighted by molar-refractivity contribution is 7.90. The maximum absolute atomic E-state index is 11.5. The standard InChI is InChI=1S/C12H17NO4S/c1-16-11-7-9(18(2,14)15)3-4-10(11)12-8-13-5-6-17-12/h3-4,7,12-13H,5-6,8H2,1-2H3. The molecule has 1 saturated heterocycles. The summed E-state index contributed by atoms with van der Waals surface area (Å²) in [6, 6.07) is 4.89. The van der Waals surface area contributed by atoms with Crippen molar-refractivity contribution in [2.24, 2.45) is 0 Å². The average molecular weight is 271 g/mol. The Balaban J connectivity index is 2.36. The third-order valence-electron chi connectivity index (χ3n) is 2.91. The van der Waals surface area contributed by atoms with E-state index in [4.69, 9.17) is 9.47 Å². The zero-order valence-corrected chi connectivity index (χ0v) is 11.3. The average Bonchev–Trinajstić information content (AvgIpc) is 2.38. The molecule has 1 aromatic carbocycles. The van der Waals surface area contributed by atoms with E-state index >= 15 is 0 Å². The van der Waals surface area contributed by atoms with Crippen LogP contribution in [-0.4, -0.2) is 41.5 Å². The largest absolute Gasteiger partial charge is 0.496 e. The quantitative estimate of drug-likeness (QED) is 0.879. The summed E-state index contributed by atoms with van der Waals surface area (Å²) in [6.45, 7) is 2.18. The molecule has 1 aliphatic heterocycles. The number of morpholine rings is 1. The molecule has 1 aliphatic rings. The van der Waals surface area contributed by atoms with Crippen LogP contribution in [0.15, 0.2) is 23.1 Å². The van der Waals surface area contributed by atoms with E-state index < -0.39 is 9.84 Å². The van der Waals surface area contributed by atoms with Gasteiger partial charge in [-0.1, -0.05) is 6.07 Å². The monoisotopic (exact) mass is 271 g/mol. The van der Waals surface area contributed by atoms with Crippen molar-refractivity contribution in [1.82, 2.24) is 5.32 Å². The molecule has 1 heterocycles. The molecule has 1 aromatic rings. The fourth-order valence-corrected chi connectivity index (χ4v) is 2.59. The molecule has 100 valence electrons. The van der Waals surface area contributed by atoms with Crippen molar-refractivity contribution < 1.29 is 17.9 Å². The lowest BCUT2D eigenvalue weighted by Crippen LogP contribution is -2.33. The Labute approximate surface area is 107 Å². The molecular formula is C12H17NO4S. The highest BCUT2D eigenvalue weighted by Gasteiger charge is 2.21. The van der Waals surface area contributed by atoms with Crippen molar-refractivity contribution in [3.8, 4) is 5.75 Å². The van der Waals surface area contributed by atoms with Crippen molar-refractivity contribution >= 4 is 9.84 Å². The normalized spacial score (nSPS) is 20.7. The van der Waals surface area contributed by atoms with Crippen molar-refractivity contribution in [3.63, 3.8) is 0 Å². The van der Waals surface area contributed by atoms with Crippen LogP contribution in [0.5, 0.6) is 5.75 Å². The maximum atomic E-state index is 11.5. The second kappa shape index (κ2) is 5.26. The molecule has 2 rings (SSSR count). The molecule has 6 heteroatoms. The molecule has 5 nitrogen and oxygen atoms in total. The second-order valence-corrected chi connectivity index (χ2v) is 6.26. The summed E-state index contributed by atoms with van der Waals surface area (Å²) in [7, 11) is -1.69. The van der Waals surface area contributed by atoms with Crippen molar-refractivity contribution in [2.45, 2.75) is 11.0 Å². The van der Waals surface area contributed by atoms with Crippen LogP contribution in [-0.2, 0) is 14.6 Å². The Hall–Kier alpha value is -1.11. The molecular weight excluding hydrogens is 254 g/mol. The maximum Gasteiger partial charge on any atom is 0.175 e. The lowest BCUT2D eigenvalue weighted by Gasteiger charge is -2.25. The summed E-state index contributed by atoms with van der Waals surface area (Å²) in [6.07, 6.45) is 1.09. The van der Waals surface area contributed by atoms with Gasteiger partial charge in [-0.05, 0) is 12.1 Å². The third-order valence-corrected chi connectivity index (χ3v) is 4.02. The zero-order chi connectivity index (χ0) is 13.2. The predicted octanol–water partition coefficient (Wildman–Crippen LogP) is 0.760. The van der Waals surface area contributed by atoms with Crippen molar-refractivity contribution in [3.05, 3.63) is 23.8 Å². The van der Waals surface area contributed by atoms with Gasteiger partial charge in [0.15, 0.2) is 9.84 Å². The molecule has 0 amide bonds. The Kier molecular flexibility index (Phi) is 3.89. The van der Waals surface area contributed by atoms with Gasteiger partial charge in [-0.2, -0.15) is 0 Å². The lowest BCUT2D eigenvalue weighted by molar-refractivity contribution is 0.0262. The van der Waals surface area contributed by atoms with E-state index in [9.17, 15) is 8.42 Å². The van der Waals surface area contributed by atoms with Crippen LogP contribution in [0, 0.1) is 0 Å². The summed E-state index contributed by atoms with van der Waals surface area (Å²) in [5.74, 6) is 0.548. The fourth-order valence-electron chi connectivity index (χ4n) is 1.95. The third kappa shape index (κ3) is 2.82. The van der Waals surface area contributed by atoms with Crippen LogP contribution in [0.3, 0.4) is 0 Å². The summed E-state index contributed by atoms with van der Waals surface area (Å²) in [5, 5.41) is 3.23. The Morgan fingerprint density at radius 1 is 1.44 bits per heavy atom. The zero-order valence-electron chi connectivity index (χ0n) is 10.5. The molecule has 1 fully saturated rings. The highest BCUT2D eigenvalue weighted by Crippen LogP contribution is 2.30. The van der Waals surface area contributed by atoms with Crippen LogP contribution in [0.2, 0.25) is 0 Å². The molecule has 18 heavy (non-hydrogen) atoms. The van der Waals surface area contributed by atoms with Gasteiger partial charge < -0.3 is 14.8 Å². The smallest absolute Gasteiger partial charge is 0.175 e. The molecule has 0 saturated carbocycles. The highest BCUT2D eigenvalue weighted by atomic mass is 32.2. The molecule has 1 atom stereocenters. The van der Waals surface area contributed by atoms with E-state index in [1.807, 2.05) is 0 Å². The van der Waals surface area contributed by atoms with Gasteiger partial charge in [-0.25, -0.2) is 8.42 Å². The van der Waals surface area contributed by atoms with Gasteiger partial charge in [0.25, 0.3) is 0 Å². The number of sulfone groups is 1. The van der Waals surface area contributed by atoms with Crippen molar-refractivity contribution in [1.29, 1.82) is 0 Å². The summed E-state index contributed by atoms with van der Waals surface area (Å²) >= 11 is 0. The topological polar surface area (TPSA) is 64.6 Å². The number of nitrogens with one attached hydrogen (secondary N) is 1. The SMILES string of the molecule is COc1cc(S(C)(=O)=O)ccc1C1CNCCO1. The number of benzene rings is 1. The van der Waals surface area contributed by atoms with Gasteiger partial charge in [-0.3, -0.25) is 0 Å². The van der Waals surface area contributed by atoms with E-state index in [1.54, 1.807) is 18.2 Å². The van der Waals surface area contributed by atoms with Gasteiger partial charge in [0.2, 0.25) is 0 Å². The molecule has 0 radical (unpaired) electrons. The van der Waals surface area contributed by atoms with E-state index in [1.165, 1.54) is 13.4 Å². The first-order valence-corrected chi connectivity index (χ1v) is 7.62. The summed E-state index contributed by atoms with van der Waals surface area (Å²) in [4.78, 5) is 0.256. The van der Waals surface area contributed by atoms with Gasteiger partial charge in [0, 0.05) is 24.9 Å². The van der Waals surface area contributed by atoms with Gasteiger partial charge in [0.05, 0.1) is 24.7 Å².